The molecule has 0 unspecified atom stereocenters. The topological polar surface area (TPSA) is 71.4 Å². The van der Waals surface area contributed by atoms with E-state index in [9.17, 15) is 18.3 Å². The molecule has 0 spiro atoms. The zero-order valence-electron chi connectivity index (χ0n) is 9.81. The van der Waals surface area contributed by atoms with Crippen LogP contribution in [0.3, 0.4) is 0 Å². The van der Waals surface area contributed by atoms with E-state index in [1.807, 2.05) is 0 Å². The second-order valence-corrected chi connectivity index (χ2v) is 7.55. The molecule has 1 N–H and O–H groups in total. The Morgan fingerprint density at radius 2 is 2.00 bits per heavy atom. The molecule has 18 heavy (non-hydrogen) atoms. The first-order valence-corrected chi connectivity index (χ1v) is 8.19. The van der Waals surface area contributed by atoms with Crippen LogP contribution in [0.5, 0.6) is 0 Å². The maximum atomic E-state index is 11.8. The van der Waals surface area contributed by atoms with Crippen LogP contribution in [0.1, 0.15) is 24.8 Å². The molecule has 0 aliphatic heterocycles. The molecule has 1 aromatic carbocycles. The minimum atomic E-state index is -3.43. The number of sulfone groups is 1. The molecule has 4 nitrogen and oxygen atoms in total. The summed E-state index contributed by atoms with van der Waals surface area (Å²) in [5, 5.41) is 9.41. The average molecular weight is 333 g/mol. The summed E-state index contributed by atoms with van der Waals surface area (Å²) in [4.78, 5) is 11.6. The van der Waals surface area contributed by atoms with E-state index < -0.39 is 21.2 Å². The van der Waals surface area contributed by atoms with Crippen molar-refractivity contribution in [3.8, 4) is 0 Å². The van der Waals surface area contributed by atoms with Crippen LogP contribution in [0.2, 0.25) is 0 Å². The number of carboxylic acids is 1. The lowest BCUT2D eigenvalue weighted by molar-refractivity contribution is -0.147. The fraction of sp³-hybridized carbons (Fsp3) is 0.417. The Morgan fingerprint density at radius 1 is 1.39 bits per heavy atom. The third-order valence-electron chi connectivity index (χ3n) is 3.47. The molecular formula is C12H13BrO4S. The maximum Gasteiger partial charge on any atom is 0.314 e. The molecule has 2 rings (SSSR count). The van der Waals surface area contributed by atoms with Crippen LogP contribution in [-0.4, -0.2) is 25.7 Å². The Kier molecular flexibility index (Phi) is 3.27. The van der Waals surface area contributed by atoms with E-state index in [0.717, 1.165) is 12.7 Å². The van der Waals surface area contributed by atoms with Gasteiger partial charge in [-0.25, -0.2) is 8.42 Å². The molecule has 1 aliphatic carbocycles. The first-order chi connectivity index (χ1) is 8.27. The number of rotatable bonds is 3. The minimum absolute atomic E-state index is 0.118. The van der Waals surface area contributed by atoms with Gasteiger partial charge in [-0.05, 0) is 36.6 Å². The first-order valence-electron chi connectivity index (χ1n) is 5.51. The minimum Gasteiger partial charge on any atom is -0.481 e. The maximum absolute atomic E-state index is 11.8. The molecule has 6 heteroatoms. The highest BCUT2D eigenvalue weighted by Gasteiger charge is 2.48. The zero-order chi connectivity index (χ0) is 13.6. The predicted octanol–water partition coefficient (Wildman–Crippen LogP) is 2.36. The molecule has 1 fully saturated rings. The summed E-state index contributed by atoms with van der Waals surface area (Å²) in [5.74, 6) is -0.947. The van der Waals surface area contributed by atoms with Crippen LogP contribution < -0.4 is 0 Å². The molecule has 1 aliphatic rings. The van der Waals surface area contributed by atoms with Gasteiger partial charge in [-0.3, -0.25) is 4.79 Å². The summed E-state index contributed by atoms with van der Waals surface area (Å²) < 4.78 is 24.2. The van der Waals surface area contributed by atoms with Crippen molar-refractivity contribution in [1.29, 1.82) is 0 Å². The SMILES string of the molecule is CS(=O)(=O)c1ccc(Br)cc1C1(C(=O)O)CCC1. The van der Waals surface area contributed by atoms with Crippen molar-refractivity contribution in [2.75, 3.05) is 6.26 Å². The summed E-state index contributed by atoms with van der Waals surface area (Å²) in [5.41, 5.74) is -0.638. The van der Waals surface area contributed by atoms with E-state index in [1.165, 1.54) is 6.07 Å². The largest absolute Gasteiger partial charge is 0.481 e. The number of aliphatic carboxylic acids is 1. The molecule has 1 aromatic rings. The molecular weight excluding hydrogens is 320 g/mol. The third-order valence-corrected chi connectivity index (χ3v) is 5.12. The summed E-state index contributed by atoms with van der Waals surface area (Å²) in [6, 6.07) is 4.70. The van der Waals surface area contributed by atoms with Crippen molar-refractivity contribution in [2.45, 2.75) is 29.6 Å². The molecule has 0 aromatic heterocycles. The van der Waals surface area contributed by atoms with Gasteiger partial charge in [0.1, 0.15) is 0 Å². The lowest BCUT2D eigenvalue weighted by Gasteiger charge is -2.39. The Bertz CT molecular complexity index is 603. The van der Waals surface area contributed by atoms with Gasteiger partial charge in [0, 0.05) is 10.7 Å². The first kappa shape index (κ1) is 13.5. The number of halogens is 1. The lowest BCUT2D eigenvalue weighted by atomic mass is 9.64. The summed E-state index contributed by atoms with van der Waals surface area (Å²) in [7, 11) is -3.43. The van der Waals surface area contributed by atoms with Gasteiger partial charge in [0.05, 0.1) is 10.3 Å². The van der Waals surface area contributed by atoms with E-state index in [2.05, 4.69) is 15.9 Å². The summed E-state index contributed by atoms with van der Waals surface area (Å²) in [6.07, 6.45) is 2.89. The number of carboxylic acid groups (broad SMARTS) is 1. The average Bonchev–Trinajstić information content (AvgIpc) is 2.12. The summed E-state index contributed by atoms with van der Waals surface area (Å²) in [6.45, 7) is 0. The van der Waals surface area contributed by atoms with Gasteiger partial charge < -0.3 is 5.11 Å². The number of hydrogen-bond donors (Lipinski definition) is 1. The Balaban J connectivity index is 2.70. The molecule has 98 valence electrons. The highest BCUT2D eigenvalue weighted by molar-refractivity contribution is 9.10. The van der Waals surface area contributed by atoms with Gasteiger partial charge in [0.15, 0.2) is 9.84 Å². The van der Waals surface area contributed by atoms with Crippen LogP contribution in [0, 0.1) is 0 Å². The lowest BCUT2D eigenvalue weighted by Crippen LogP contribution is -2.43. The standard InChI is InChI=1S/C12H13BrO4S/c1-18(16,17)10-4-3-8(13)7-9(10)12(11(14)15)5-2-6-12/h3-4,7H,2,5-6H2,1H3,(H,14,15). The molecule has 0 atom stereocenters. The molecule has 0 bridgehead atoms. The van der Waals surface area contributed by atoms with Crippen LogP contribution in [0.4, 0.5) is 0 Å². The number of benzene rings is 1. The van der Waals surface area contributed by atoms with Gasteiger partial charge in [-0.15, -0.1) is 0 Å². The van der Waals surface area contributed by atoms with Crippen molar-refractivity contribution in [3.05, 3.63) is 28.2 Å². The number of hydrogen-bond acceptors (Lipinski definition) is 3. The van der Waals surface area contributed by atoms with E-state index >= 15 is 0 Å². The quantitative estimate of drug-likeness (QED) is 0.922. The van der Waals surface area contributed by atoms with Crippen LogP contribution >= 0.6 is 15.9 Å². The van der Waals surface area contributed by atoms with Gasteiger partial charge in [-0.1, -0.05) is 22.4 Å². The van der Waals surface area contributed by atoms with Crippen molar-refractivity contribution < 1.29 is 18.3 Å². The predicted molar refractivity (Wildman–Crippen MR) is 70.4 cm³/mol. The van der Waals surface area contributed by atoms with E-state index in [-0.39, 0.29) is 4.90 Å². The van der Waals surface area contributed by atoms with E-state index in [1.54, 1.807) is 12.1 Å². The number of carbonyl (C=O) groups is 1. The second kappa shape index (κ2) is 4.35. The molecule has 0 amide bonds. The van der Waals surface area contributed by atoms with Gasteiger partial charge in [-0.2, -0.15) is 0 Å². The Hall–Kier alpha value is -0.880. The fourth-order valence-corrected chi connectivity index (χ4v) is 3.66. The van der Waals surface area contributed by atoms with Gasteiger partial charge >= 0.3 is 5.97 Å². The van der Waals surface area contributed by atoms with Gasteiger partial charge in [0.25, 0.3) is 0 Å². The van der Waals surface area contributed by atoms with Crippen molar-refractivity contribution in [2.24, 2.45) is 0 Å². The van der Waals surface area contributed by atoms with Gasteiger partial charge in [0.2, 0.25) is 0 Å². The summed E-state index contributed by atoms with van der Waals surface area (Å²) >= 11 is 3.27. The van der Waals surface area contributed by atoms with E-state index in [0.29, 0.717) is 22.9 Å². The smallest absolute Gasteiger partial charge is 0.314 e. The normalized spacial score (nSPS) is 18.1. The van der Waals surface area contributed by atoms with Crippen LogP contribution in [0.25, 0.3) is 0 Å². The second-order valence-electron chi connectivity index (χ2n) is 4.65. The highest BCUT2D eigenvalue weighted by atomic mass is 79.9. The van der Waals surface area contributed by atoms with E-state index in [4.69, 9.17) is 0 Å². The molecule has 1 saturated carbocycles. The molecule has 0 radical (unpaired) electrons. The van der Waals surface area contributed by atoms with Crippen molar-refractivity contribution >= 4 is 31.7 Å². The zero-order valence-corrected chi connectivity index (χ0v) is 12.2. The molecule has 0 saturated heterocycles. The van der Waals surface area contributed by atoms with Crippen LogP contribution in [0.15, 0.2) is 27.6 Å². The van der Waals surface area contributed by atoms with Crippen molar-refractivity contribution in [1.82, 2.24) is 0 Å². The Morgan fingerprint density at radius 3 is 2.39 bits per heavy atom. The Labute approximate surface area is 114 Å². The third kappa shape index (κ3) is 2.07. The molecule has 0 heterocycles. The fourth-order valence-electron chi connectivity index (χ4n) is 2.33. The van der Waals surface area contributed by atoms with Crippen LogP contribution in [-0.2, 0) is 20.0 Å². The monoisotopic (exact) mass is 332 g/mol. The highest BCUT2D eigenvalue weighted by Crippen LogP contribution is 2.46. The van der Waals surface area contributed by atoms with Crippen molar-refractivity contribution in [3.63, 3.8) is 0 Å².